The molecule has 0 amide bonds. The average Bonchev–Trinajstić information content (AvgIpc) is 2.43. The third-order valence-corrected chi connectivity index (χ3v) is 4.76. The first kappa shape index (κ1) is 15.3. The molecule has 0 saturated heterocycles. The van der Waals surface area contributed by atoms with Crippen molar-refractivity contribution in [2.75, 3.05) is 5.73 Å². The molecule has 0 aromatic heterocycles. The second-order valence-electron chi connectivity index (χ2n) is 5.87. The number of ketones is 1. The summed E-state index contributed by atoms with van der Waals surface area (Å²) in [6, 6.07) is 5.60. The van der Waals surface area contributed by atoms with E-state index in [1.165, 1.54) is 16.7 Å². The quantitative estimate of drug-likeness (QED) is 0.657. The van der Waals surface area contributed by atoms with Gasteiger partial charge in [-0.25, -0.2) is 0 Å². The highest BCUT2D eigenvalue weighted by Crippen LogP contribution is 2.30. The van der Waals surface area contributed by atoms with E-state index in [1.807, 2.05) is 32.9 Å². The fourth-order valence-corrected chi connectivity index (χ4v) is 2.97. The first-order valence-corrected chi connectivity index (χ1v) is 7.24. The smallest absolute Gasteiger partial charge is 0.195 e. The summed E-state index contributed by atoms with van der Waals surface area (Å²) in [6.45, 7) is 12.3. The van der Waals surface area contributed by atoms with Crippen LogP contribution in [0.5, 0.6) is 0 Å². The zero-order valence-corrected chi connectivity index (χ0v) is 13.7. The zero-order valence-electron chi connectivity index (χ0n) is 13.7. The van der Waals surface area contributed by atoms with E-state index in [4.69, 9.17) is 5.73 Å². The van der Waals surface area contributed by atoms with Crippen molar-refractivity contribution in [3.8, 4) is 0 Å². The lowest BCUT2D eigenvalue weighted by atomic mass is 9.85. The van der Waals surface area contributed by atoms with Gasteiger partial charge in [-0.3, -0.25) is 4.79 Å². The number of nitrogens with two attached hydrogens (primary N) is 1. The summed E-state index contributed by atoms with van der Waals surface area (Å²) < 4.78 is 0. The van der Waals surface area contributed by atoms with Crippen LogP contribution in [0.3, 0.4) is 0 Å². The minimum absolute atomic E-state index is 0.0341. The Kier molecular flexibility index (Phi) is 3.91. The minimum atomic E-state index is 0.0341. The Morgan fingerprint density at radius 3 is 1.71 bits per heavy atom. The van der Waals surface area contributed by atoms with E-state index in [1.54, 1.807) is 6.07 Å². The van der Waals surface area contributed by atoms with Gasteiger partial charge in [0.25, 0.3) is 0 Å². The molecule has 2 heteroatoms. The average molecular weight is 281 g/mol. The molecule has 0 aliphatic carbocycles. The second kappa shape index (κ2) is 5.36. The second-order valence-corrected chi connectivity index (χ2v) is 5.87. The van der Waals surface area contributed by atoms with Gasteiger partial charge in [0.2, 0.25) is 0 Å². The van der Waals surface area contributed by atoms with Crippen LogP contribution < -0.4 is 5.73 Å². The molecule has 0 bridgehead atoms. The van der Waals surface area contributed by atoms with Crippen LogP contribution in [0, 0.1) is 41.5 Å². The van der Waals surface area contributed by atoms with Gasteiger partial charge in [-0.05, 0) is 81.0 Å². The van der Waals surface area contributed by atoms with Crippen molar-refractivity contribution in [3.63, 3.8) is 0 Å². The molecule has 2 N–H and O–H groups in total. The molecule has 2 rings (SSSR count). The molecule has 0 aliphatic rings. The van der Waals surface area contributed by atoms with E-state index < -0.39 is 0 Å². The third-order valence-electron chi connectivity index (χ3n) is 4.76. The van der Waals surface area contributed by atoms with E-state index in [0.717, 1.165) is 22.3 Å². The van der Waals surface area contributed by atoms with E-state index >= 15 is 0 Å². The lowest BCUT2D eigenvalue weighted by molar-refractivity contribution is 0.103. The van der Waals surface area contributed by atoms with Crippen molar-refractivity contribution in [1.82, 2.24) is 0 Å². The predicted molar refractivity (Wildman–Crippen MR) is 89.2 cm³/mol. The van der Waals surface area contributed by atoms with E-state index in [0.29, 0.717) is 11.3 Å². The Bertz CT molecular complexity index is 692. The number of rotatable bonds is 2. The van der Waals surface area contributed by atoms with Crippen molar-refractivity contribution in [2.24, 2.45) is 0 Å². The molecule has 0 aliphatic heterocycles. The Hall–Kier alpha value is -2.09. The summed E-state index contributed by atoms with van der Waals surface area (Å²) >= 11 is 0. The van der Waals surface area contributed by atoms with Crippen LogP contribution in [0.2, 0.25) is 0 Å². The Morgan fingerprint density at radius 1 is 0.762 bits per heavy atom. The maximum Gasteiger partial charge on any atom is 0.195 e. The number of benzene rings is 2. The molecule has 2 nitrogen and oxygen atoms in total. The first-order valence-electron chi connectivity index (χ1n) is 7.24. The van der Waals surface area contributed by atoms with Gasteiger partial charge in [0.15, 0.2) is 5.78 Å². The highest BCUT2D eigenvalue weighted by atomic mass is 16.1. The zero-order chi connectivity index (χ0) is 15.9. The van der Waals surface area contributed by atoms with Crippen molar-refractivity contribution in [2.45, 2.75) is 41.5 Å². The highest BCUT2D eigenvalue weighted by molar-refractivity contribution is 6.15. The van der Waals surface area contributed by atoms with Crippen LogP contribution in [0.25, 0.3) is 0 Å². The lowest BCUT2D eigenvalue weighted by Crippen LogP contribution is -2.13. The van der Waals surface area contributed by atoms with Gasteiger partial charge in [-0.15, -0.1) is 0 Å². The van der Waals surface area contributed by atoms with Gasteiger partial charge in [0.1, 0.15) is 0 Å². The molecule has 0 heterocycles. The number of carbonyl (C=O) groups excluding carboxylic acids is 1. The topological polar surface area (TPSA) is 43.1 Å². The minimum Gasteiger partial charge on any atom is -0.398 e. The third kappa shape index (κ3) is 2.35. The number of nitrogen functional groups attached to an aromatic ring is 1. The molecular formula is C19H23NO. The van der Waals surface area contributed by atoms with Gasteiger partial charge < -0.3 is 5.73 Å². The van der Waals surface area contributed by atoms with E-state index in [9.17, 15) is 4.79 Å². The van der Waals surface area contributed by atoms with Gasteiger partial charge >= 0.3 is 0 Å². The van der Waals surface area contributed by atoms with Crippen LogP contribution in [-0.4, -0.2) is 5.78 Å². The Morgan fingerprint density at radius 2 is 1.24 bits per heavy atom. The van der Waals surface area contributed by atoms with Crippen LogP contribution in [0.1, 0.15) is 49.3 Å². The molecule has 0 unspecified atom stereocenters. The molecule has 0 atom stereocenters. The number of anilines is 1. The van der Waals surface area contributed by atoms with Gasteiger partial charge in [-0.2, -0.15) is 0 Å². The first-order chi connectivity index (χ1) is 9.77. The lowest BCUT2D eigenvalue weighted by Gasteiger charge is -2.19. The summed E-state index contributed by atoms with van der Waals surface area (Å²) in [5.74, 6) is 0.0341. The van der Waals surface area contributed by atoms with E-state index in [-0.39, 0.29) is 5.78 Å². The predicted octanol–water partition coefficient (Wildman–Crippen LogP) is 4.35. The maximum atomic E-state index is 13.1. The number of aryl methyl sites for hydroxylation is 1. The summed E-state index contributed by atoms with van der Waals surface area (Å²) in [6.07, 6.45) is 0. The van der Waals surface area contributed by atoms with Crippen molar-refractivity contribution < 1.29 is 4.79 Å². The highest BCUT2D eigenvalue weighted by Gasteiger charge is 2.22. The Balaban J connectivity index is 2.77. The molecule has 0 fully saturated rings. The summed E-state index contributed by atoms with van der Waals surface area (Å²) in [5.41, 5.74) is 14.7. The van der Waals surface area contributed by atoms with Crippen LogP contribution >= 0.6 is 0 Å². The fourth-order valence-electron chi connectivity index (χ4n) is 2.97. The van der Waals surface area contributed by atoms with Crippen molar-refractivity contribution in [3.05, 3.63) is 62.7 Å². The molecule has 2 aromatic carbocycles. The fraction of sp³-hybridized carbons (Fsp3) is 0.316. The van der Waals surface area contributed by atoms with Gasteiger partial charge in [-0.1, -0.05) is 12.1 Å². The largest absolute Gasteiger partial charge is 0.398 e. The van der Waals surface area contributed by atoms with Crippen LogP contribution in [0.4, 0.5) is 5.69 Å². The molecule has 0 spiro atoms. The molecule has 2 aromatic rings. The Labute approximate surface area is 127 Å². The van der Waals surface area contributed by atoms with Gasteiger partial charge in [0, 0.05) is 16.8 Å². The van der Waals surface area contributed by atoms with Crippen molar-refractivity contribution >= 4 is 11.5 Å². The monoisotopic (exact) mass is 281 g/mol. The molecule has 21 heavy (non-hydrogen) atoms. The SMILES string of the molecule is Cc1cccc(N)c1C(=O)c1c(C)c(C)c(C)c(C)c1C. The van der Waals surface area contributed by atoms with E-state index in [2.05, 4.69) is 20.8 Å². The molecule has 0 saturated carbocycles. The normalized spacial score (nSPS) is 10.8. The number of carbonyl (C=O) groups is 1. The van der Waals surface area contributed by atoms with Crippen LogP contribution in [-0.2, 0) is 0 Å². The van der Waals surface area contributed by atoms with Crippen LogP contribution in [0.15, 0.2) is 18.2 Å². The number of hydrogen-bond donors (Lipinski definition) is 1. The standard InChI is InChI=1S/C19H23NO/c1-10-8-7-9-16(20)17(10)19(21)18-14(5)12(3)11(2)13(4)15(18)6/h7-9H,20H2,1-6H3. The maximum absolute atomic E-state index is 13.1. The summed E-state index contributed by atoms with van der Waals surface area (Å²) in [4.78, 5) is 13.1. The van der Waals surface area contributed by atoms with Gasteiger partial charge in [0.05, 0.1) is 0 Å². The molecule has 0 radical (unpaired) electrons. The summed E-state index contributed by atoms with van der Waals surface area (Å²) in [5, 5.41) is 0. The summed E-state index contributed by atoms with van der Waals surface area (Å²) in [7, 11) is 0. The van der Waals surface area contributed by atoms with Crippen molar-refractivity contribution in [1.29, 1.82) is 0 Å². The molecular weight excluding hydrogens is 258 g/mol. The number of hydrogen-bond acceptors (Lipinski definition) is 2. The molecule has 110 valence electrons.